The van der Waals surface area contributed by atoms with Crippen molar-refractivity contribution in [3.63, 3.8) is 0 Å². The van der Waals surface area contributed by atoms with Gasteiger partial charge in [0.25, 0.3) is 5.56 Å². The number of carbonyl (C=O) groups is 1. The van der Waals surface area contributed by atoms with Crippen LogP contribution in [0, 0.1) is 5.92 Å². The number of fused-ring (bicyclic) bond motifs is 2. The highest BCUT2D eigenvalue weighted by molar-refractivity contribution is 6.31. The molecule has 3 aromatic rings. The third kappa shape index (κ3) is 6.45. The van der Waals surface area contributed by atoms with Gasteiger partial charge in [-0.25, -0.2) is 4.98 Å². The summed E-state index contributed by atoms with van der Waals surface area (Å²) < 4.78 is 41.1. The highest BCUT2D eigenvalue weighted by atomic mass is 35.5. The van der Waals surface area contributed by atoms with Gasteiger partial charge < -0.3 is 10.4 Å². The van der Waals surface area contributed by atoms with E-state index < -0.39 is 17.9 Å². The number of anilines is 1. The van der Waals surface area contributed by atoms with Gasteiger partial charge in [-0.1, -0.05) is 49.2 Å². The van der Waals surface area contributed by atoms with Crippen LogP contribution in [0.4, 0.5) is 18.9 Å². The van der Waals surface area contributed by atoms with Crippen molar-refractivity contribution in [2.24, 2.45) is 5.92 Å². The van der Waals surface area contributed by atoms with E-state index in [9.17, 15) is 27.9 Å². The first-order valence-corrected chi connectivity index (χ1v) is 13.9. The minimum atomic E-state index is -4.58. The standard InChI is InChI=1S/C29H30ClF3N6O3/c1-17-4-2-7-24(19-6-3-5-18(10-19)11-21(15-40)35-28(17)42)38-16-34-23(13-27(38)41)22-12-20(30)8-9-25(22)39-14-26(36-37-39)29(31,32)33/h3,5-6,8-10,12-14,16-17,21,24,36-37,40H,2,4,7,11,15H2,1H3,(H,35,42)/t17-,21-,24+/m1/s1. The van der Waals surface area contributed by atoms with Gasteiger partial charge in [0.1, 0.15) is 0 Å². The van der Waals surface area contributed by atoms with Crippen LogP contribution in [0.25, 0.3) is 11.3 Å². The van der Waals surface area contributed by atoms with E-state index in [1.54, 1.807) is 0 Å². The number of allylic oxidation sites excluding steroid dienone is 1. The Morgan fingerprint density at radius 2 is 1.93 bits per heavy atom. The van der Waals surface area contributed by atoms with Crippen LogP contribution >= 0.6 is 11.6 Å². The largest absolute Gasteiger partial charge is 0.433 e. The normalized spacial score (nSPS) is 21.6. The van der Waals surface area contributed by atoms with Gasteiger partial charge in [0, 0.05) is 22.6 Å². The van der Waals surface area contributed by atoms with Crippen molar-refractivity contribution in [1.82, 2.24) is 25.8 Å². The van der Waals surface area contributed by atoms with Gasteiger partial charge in [-0.05, 0) is 48.6 Å². The third-order valence-electron chi connectivity index (χ3n) is 7.49. The zero-order chi connectivity index (χ0) is 30.0. The number of nitrogens with one attached hydrogen (secondary N) is 3. The molecule has 3 atom stereocenters. The molecule has 1 aromatic heterocycles. The van der Waals surface area contributed by atoms with E-state index in [2.05, 4.69) is 21.3 Å². The number of alkyl halides is 3. The average molecular weight is 603 g/mol. The Balaban J connectivity index is 1.51. The summed E-state index contributed by atoms with van der Waals surface area (Å²) in [6, 6.07) is 12.8. The molecule has 2 aromatic carbocycles. The highest BCUT2D eigenvalue weighted by Gasteiger charge is 2.38. The van der Waals surface area contributed by atoms with E-state index in [-0.39, 0.29) is 35.7 Å². The van der Waals surface area contributed by atoms with Gasteiger partial charge in [0.15, 0.2) is 5.70 Å². The second-order valence-corrected chi connectivity index (χ2v) is 10.9. The number of rotatable bonds is 4. The third-order valence-corrected chi connectivity index (χ3v) is 7.72. The Hall–Kier alpha value is -3.87. The van der Waals surface area contributed by atoms with E-state index in [0.29, 0.717) is 42.0 Å². The zero-order valence-corrected chi connectivity index (χ0v) is 23.4. The number of halogens is 4. The molecule has 2 bridgehead atoms. The number of carbonyl (C=O) groups excluding carboxylic acids is 1. The van der Waals surface area contributed by atoms with E-state index in [4.69, 9.17) is 11.6 Å². The fourth-order valence-electron chi connectivity index (χ4n) is 5.23. The molecular formula is C29H30ClF3N6O3. The highest BCUT2D eigenvalue weighted by Crippen LogP contribution is 2.35. The first-order valence-electron chi connectivity index (χ1n) is 13.5. The molecule has 0 saturated carbocycles. The van der Waals surface area contributed by atoms with Crippen molar-refractivity contribution in [3.8, 4) is 11.3 Å². The van der Waals surface area contributed by atoms with Crippen LogP contribution in [0.1, 0.15) is 43.4 Å². The number of amides is 1. The Bertz CT molecular complexity index is 1560. The lowest BCUT2D eigenvalue weighted by atomic mass is 9.93. The van der Waals surface area contributed by atoms with Crippen LogP contribution in [-0.2, 0) is 11.2 Å². The number of benzene rings is 2. The number of hydrogen-bond donors (Lipinski definition) is 4. The topological polar surface area (TPSA) is 112 Å². The number of aliphatic hydroxyl groups is 1. The molecule has 0 spiro atoms. The van der Waals surface area contributed by atoms with Gasteiger partial charge in [-0.2, -0.15) is 13.2 Å². The molecule has 0 unspecified atom stereocenters. The van der Waals surface area contributed by atoms with Crippen LogP contribution in [0.15, 0.2) is 71.5 Å². The maximum Gasteiger partial charge on any atom is 0.433 e. The van der Waals surface area contributed by atoms with Gasteiger partial charge in [0.2, 0.25) is 5.91 Å². The Labute approximate surface area is 245 Å². The fourth-order valence-corrected chi connectivity index (χ4v) is 5.41. The molecule has 3 heterocycles. The summed E-state index contributed by atoms with van der Waals surface area (Å²) in [5, 5.41) is 14.2. The van der Waals surface area contributed by atoms with Crippen molar-refractivity contribution in [3.05, 3.63) is 93.3 Å². The number of aliphatic hydroxyl groups excluding tert-OH is 1. The van der Waals surface area contributed by atoms with E-state index in [1.165, 1.54) is 35.2 Å². The molecule has 5 rings (SSSR count). The van der Waals surface area contributed by atoms with Crippen molar-refractivity contribution in [2.75, 3.05) is 11.6 Å². The van der Waals surface area contributed by atoms with Crippen molar-refractivity contribution < 1.29 is 23.1 Å². The monoisotopic (exact) mass is 602 g/mol. The van der Waals surface area contributed by atoms with Crippen LogP contribution in [0.3, 0.4) is 0 Å². The lowest BCUT2D eigenvalue weighted by Gasteiger charge is -2.25. The van der Waals surface area contributed by atoms with E-state index >= 15 is 0 Å². The van der Waals surface area contributed by atoms with E-state index in [0.717, 1.165) is 22.3 Å². The number of hydrazine groups is 2. The smallest absolute Gasteiger partial charge is 0.394 e. The van der Waals surface area contributed by atoms with Gasteiger partial charge in [0.05, 0.1) is 42.6 Å². The summed E-state index contributed by atoms with van der Waals surface area (Å²) in [5.41, 5.74) is 5.93. The predicted molar refractivity (Wildman–Crippen MR) is 152 cm³/mol. The summed E-state index contributed by atoms with van der Waals surface area (Å²) in [4.78, 5) is 30.8. The lowest BCUT2D eigenvalue weighted by molar-refractivity contribution is -0.125. The molecule has 0 saturated heterocycles. The predicted octanol–water partition coefficient (Wildman–Crippen LogP) is 4.23. The lowest BCUT2D eigenvalue weighted by Crippen LogP contribution is -2.42. The molecule has 222 valence electrons. The number of hydrogen-bond acceptors (Lipinski definition) is 7. The molecule has 13 heteroatoms. The summed E-state index contributed by atoms with van der Waals surface area (Å²) >= 11 is 6.23. The summed E-state index contributed by atoms with van der Waals surface area (Å²) in [6.45, 7) is 1.64. The van der Waals surface area contributed by atoms with Gasteiger partial charge >= 0.3 is 6.18 Å². The van der Waals surface area contributed by atoms with Crippen molar-refractivity contribution >= 4 is 23.2 Å². The minimum Gasteiger partial charge on any atom is -0.394 e. The van der Waals surface area contributed by atoms with E-state index in [1.807, 2.05) is 31.2 Å². The second kappa shape index (κ2) is 12.2. The van der Waals surface area contributed by atoms with Crippen LogP contribution in [0.5, 0.6) is 0 Å². The first kappa shape index (κ1) is 29.6. The molecular weight excluding hydrogens is 573 g/mol. The molecule has 42 heavy (non-hydrogen) atoms. The summed E-state index contributed by atoms with van der Waals surface area (Å²) in [5.74, 6) is -0.390. The van der Waals surface area contributed by atoms with Gasteiger partial charge in [-0.3, -0.25) is 24.6 Å². The van der Waals surface area contributed by atoms with Crippen molar-refractivity contribution in [1.29, 1.82) is 0 Å². The van der Waals surface area contributed by atoms with Gasteiger partial charge in [-0.15, -0.1) is 5.53 Å². The molecule has 2 aliphatic rings. The Morgan fingerprint density at radius 1 is 1.12 bits per heavy atom. The zero-order valence-electron chi connectivity index (χ0n) is 22.7. The summed E-state index contributed by atoms with van der Waals surface area (Å²) in [6.07, 6.45) is -0.0266. The number of aromatic nitrogens is 2. The maximum absolute atomic E-state index is 13.6. The second-order valence-electron chi connectivity index (χ2n) is 10.5. The van der Waals surface area contributed by atoms with Crippen LogP contribution in [-0.4, -0.2) is 39.4 Å². The minimum absolute atomic E-state index is 0.122. The molecule has 0 aliphatic carbocycles. The molecule has 0 radical (unpaired) electrons. The average Bonchev–Trinajstić information content (AvgIpc) is 3.46. The maximum atomic E-state index is 13.6. The van der Waals surface area contributed by atoms with Crippen LogP contribution in [0.2, 0.25) is 5.02 Å². The molecule has 9 nitrogen and oxygen atoms in total. The summed E-state index contributed by atoms with van der Waals surface area (Å²) in [7, 11) is 0. The molecule has 1 amide bonds. The SMILES string of the molecule is C[C@@H]1CCC[C@H](n2cnc(-c3cc(Cl)ccc3N3C=C(C(F)(F)F)NN3)cc2=O)c2cccc(c2)C[C@H](CO)NC1=O. The Kier molecular flexibility index (Phi) is 8.58. The van der Waals surface area contributed by atoms with Crippen molar-refractivity contribution in [2.45, 2.75) is 50.9 Å². The first-order chi connectivity index (χ1) is 20.0. The Morgan fingerprint density at radius 3 is 2.64 bits per heavy atom. The molecule has 4 N–H and O–H groups in total. The quantitative estimate of drug-likeness (QED) is 0.354. The molecule has 0 fully saturated rings. The molecule has 2 aliphatic heterocycles. The fraction of sp³-hybridized carbons (Fsp3) is 0.345. The number of nitrogens with zero attached hydrogens (tertiary/aromatic N) is 3. The van der Waals surface area contributed by atoms with Crippen LogP contribution < -0.4 is 26.8 Å².